The number of nitrogens with zero attached hydrogens (tertiary/aromatic N) is 2. The number of pyridine rings is 1. The maximum Gasteiger partial charge on any atom is 0.204 e. The van der Waals surface area contributed by atoms with E-state index >= 15 is 0 Å². The van der Waals surface area contributed by atoms with Gasteiger partial charge < -0.3 is 9.73 Å². The number of aryl methyl sites for hydroxylation is 1. The van der Waals surface area contributed by atoms with Gasteiger partial charge in [-0.1, -0.05) is 0 Å². The molecule has 0 radical (unpaired) electrons. The van der Waals surface area contributed by atoms with Gasteiger partial charge >= 0.3 is 0 Å². The molecule has 17 heavy (non-hydrogen) atoms. The molecule has 2 aromatic rings. The van der Waals surface area contributed by atoms with Crippen LogP contribution in [-0.2, 0) is 5.41 Å². The standard InChI is InChI=1S/C13H17N3O/c1-9-4-5-10-11(15-9)16-12(17-10)13(2)6-3-7-14-8-13/h4-5,14H,3,6-8H2,1-2H3. The second kappa shape index (κ2) is 3.81. The van der Waals surface area contributed by atoms with Gasteiger partial charge in [0.05, 0.1) is 5.41 Å². The molecular weight excluding hydrogens is 214 g/mol. The Kier molecular flexibility index (Phi) is 2.40. The lowest BCUT2D eigenvalue weighted by Crippen LogP contribution is -2.41. The van der Waals surface area contributed by atoms with E-state index in [1.54, 1.807) is 0 Å². The summed E-state index contributed by atoms with van der Waals surface area (Å²) in [6.45, 7) is 6.19. The molecule has 3 heterocycles. The third kappa shape index (κ3) is 1.82. The molecule has 2 aromatic heterocycles. The molecule has 0 spiro atoms. The number of nitrogens with one attached hydrogen (secondary N) is 1. The summed E-state index contributed by atoms with van der Waals surface area (Å²) in [6.07, 6.45) is 2.29. The molecule has 0 amide bonds. The highest BCUT2D eigenvalue weighted by Crippen LogP contribution is 2.31. The molecule has 1 N–H and O–H groups in total. The van der Waals surface area contributed by atoms with Crippen molar-refractivity contribution in [3.63, 3.8) is 0 Å². The molecule has 0 saturated carbocycles. The van der Waals surface area contributed by atoms with Crippen LogP contribution in [0.5, 0.6) is 0 Å². The van der Waals surface area contributed by atoms with Crippen molar-refractivity contribution in [3.8, 4) is 0 Å². The molecule has 1 unspecified atom stereocenters. The maximum absolute atomic E-state index is 5.85. The third-order valence-electron chi connectivity index (χ3n) is 3.51. The van der Waals surface area contributed by atoms with E-state index in [1.807, 2.05) is 19.1 Å². The van der Waals surface area contributed by atoms with Crippen molar-refractivity contribution in [2.75, 3.05) is 13.1 Å². The number of fused-ring (bicyclic) bond motifs is 1. The van der Waals surface area contributed by atoms with Crippen LogP contribution in [0.25, 0.3) is 11.2 Å². The zero-order chi connectivity index (χ0) is 11.9. The smallest absolute Gasteiger partial charge is 0.204 e. The Morgan fingerprint density at radius 2 is 2.24 bits per heavy atom. The average molecular weight is 231 g/mol. The van der Waals surface area contributed by atoms with Crippen molar-refractivity contribution < 1.29 is 4.42 Å². The van der Waals surface area contributed by atoms with Crippen LogP contribution in [0.4, 0.5) is 0 Å². The van der Waals surface area contributed by atoms with Gasteiger partial charge in [-0.2, -0.15) is 4.98 Å². The molecule has 0 bridgehead atoms. The van der Waals surface area contributed by atoms with Crippen molar-refractivity contribution in [2.24, 2.45) is 0 Å². The van der Waals surface area contributed by atoms with Crippen molar-refractivity contribution >= 4 is 11.2 Å². The summed E-state index contributed by atoms with van der Waals surface area (Å²) >= 11 is 0. The summed E-state index contributed by atoms with van der Waals surface area (Å²) in [5.41, 5.74) is 2.50. The first-order valence-electron chi connectivity index (χ1n) is 6.13. The third-order valence-corrected chi connectivity index (χ3v) is 3.51. The molecule has 1 aliphatic rings. The highest BCUT2D eigenvalue weighted by Gasteiger charge is 2.33. The molecule has 0 aromatic carbocycles. The Hall–Kier alpha value is -1.42. The van der Waals surface area contributed by atoms with E-state index in [4.69, 9.17) is 4.42 Å². The van der Waals surface area contributed by atoms with Gasteiger partial charge in [0.2, 0.25) is 5.89 Å². The van der Waals surface area contributed by atoms with Gasteiger partial charge in [0.1, 0.15) is 0 Å². The zero-order valence-corrected chi connectivity index (χ0v) is 10.3. The van der Waals surface area contributed by atoms with E-state index in [0.29, 0.717) is 0 Å². The largest absolute Gasteiger partial charge is 0.438 e. The number of aromatic nitrogens is 2. The SMILES string of the molecule is Cc1ccc2oc(C3(C)CCCNC3)nc2n1. The predicted octanol–water partition coefficient (Wildman–Crippen LogP) is 2.17. The first-order chi connectivity index (χ1) is 8.17. The number of hydrogen-bond acceptors (Lipinski definition) is 4. The minimum absolute atomic E-state index is 0.00680. The Bertz CT molecular complexity index is 541. The van der Waals surface area contributed by atoms with E-state index in [-0.39, 0.29) is 5.41 Å². The number of rotatable bonds is 1. The molecule has 1 fully saturated rings. The Balaban J connectivity index is 2.05. The van der Waals surface area contributed by atoms with E-state index in [0.717, 1.165) is 42.3 Å². The topological polar surface area (TPSA) is 51.0 Å². The Labute approximate surface area is 100 Å². The number of oxazole rings is 1. The van der Waals surface area contributed by atoms with E-state index in [2.05, 4.69) is 22.2 Å². The van der Waals surface area contributed by atoms with Gasteiger partial charge in [0.25, 0.3) is 0 Å². The summed E-state index contributed by atoms with van der Waals surface area (Å²) in [5, 5.41) is 3.41. The van der Waals surface area contributed by atoms with Crippen LogP contribution in [-0.4, -0.2) is 23.1 Å². The predicted molar refractivity (Wildman–Crippen MR) is 66.0 cm³/mol. The second-order valence-corrected chi connectivity index (χ2v) is 5.13. The van der Waals surface area contributed by atoms with Crippen LogP contribution in [0.1, 0.15) is 31.4 Å². The highest BCUT2D eigenvalue weighted by atomic mass is 16.3. The second-order valence-electron chi connectivity index (χ2n) is 5.13. The zero-order valence-electron chi connectivity index (χ0n) is 10.3. The van der Waals surface area contributed by atoms with E-state index in [9.17, 15) is 0 Å². The highest BCUT2D eigenvalue weighted by molar-refractivity contribution is 5.67. The molecule has 3 rings (SSSR count). The molecule has 1 aliphatic heterocycles. The van der Waals surface area contributed by atoms with Gasteiger partial charge in [0.15, 0.2) is 11.2 Å². The maximum atomic E-state index is 5.85. The fraction of sp³-hybridized carbons (Fsp3) is 0.538. The van der Waals surface area contributed by atoms with Gasteiger partial charge in [-0.05, 0) is 45.4 Å². The van der Waals surface area contributed by atoms with E-state index in [1.165, 1.54) is 6.42 Å². The lowest BCUT2D eigenvalue weighted by Gasteiger charge is -2.30. The van der Waals surface area contributed by atoms with E-state index < -0.39 is 0 Å². The fourth-order valence-corrected chi connectivity index (χ4v) is 2.41. The van der Waals surface area contributed by atoms with Crippen LogP contribution in [0.3, 0.4) is 0 Å². The van der Waals surface area contributed by atoms with Crippen molar-refractivity contribution in [3.05, 3.63) is 23.7 Å². The van der Waals surface area contributed by atoms with Crippen LogP contribution < -0.4 is 5.32 Å². The first kappa shape index (κ1) is 10.7. The minimum Gasteiger partial charge on any atom is -0.438 e. The lowest BCUT2D eigenvalue weighted by molar-refractivity contribution is 0.279. The van der Waals surface area contributed by atoms with Crippen LogP contribution in [0.2, 0.25) is 0 Å². The summed E-state index contributed by atoms with van der Waals surface area (Å²) < 4.78 is 5.85. The normalized spacial score (nSPS) is 25.3. The minimum atomic E-state index is 0.00680. The van der Waals surface area contributed by atoms with Crippen LogP contribution >= 0.6 is 0 Å². The van der Waals surface area contributed by atoms with Crippen molar-refractivity contribution in [1.82, 2.24) is 15.3 Å². The van der Waals surface area contributed by atoms with Gasteiger partial charge in [-0.3, -0.25) is 0 Å². The molecule has 1 atom stereocenters. The molecular formula is C13H17N3O. The van der Waals surface area contributed by atoms with Gasteiger partial charge in [0, 0.05) is 12.2 Å². The van der Waals surface area contributed by atoms with Crippen LogP contribution in [0, 0.1) is 6.92 Å². The quantitative estimate of drug-likeness (QED) is 0.817. The van der Waals surface area contributed by atoms with Crippen LogP contribution in [0.15, 0.2) is 16.5 Å². The summed E-state index contributed by atoms with van der Waals surface area (Å²) in [5.74, 6) is 0.817. The summed E-state index contributed by atoms with van der Waals surface area (Å²) in [4.78, 5) is 8.95. The molecule has 4 nitrogen and oxygen atoms in total. The number of hydrogen-bond donors (Lipinski definition) is 1. The molecule has 1 saturated heterocycles. The Morgan fingerprint density at radius 1 is 1.35 bits per heavy atom. The first-order valence-corrected chi connectivity index (χ1v) is 6.13. The molecule has 90 valence electrons. The summed E-state index contributed by atoms with van der Waals surface area (Å²) in [7, 11) is 0. The van der Waals surface area contributed by atoms with Gasteiger partial charge in [-0.15, -0.1) is 0 Å². The van der Waals surface area contributed by atoms with Crippen molar-refractivity contribution in [2.45, 2.75) is 32.1 Å². The fourth-order valence-electron chi connectivity index (χ4n) is 2.41. The summed E-state index contributed by atoms with van der Waals surface area (Å²) in [6, 6.07) is 3.91. The van der Waals surface area contributed by atoms with Crippen molar-refractivity contribution in [1.29, 1.82) is 0 Å². The molecule has 0 aliphatic carbocycles. The lowest BCUT2D eigenvalue weighted by atomic mass is 9.83. The number of piperidine rings is 1. The Morgan fingerprint density at radius 3 is 3.00 bits per heavy atom. The monoisotopic (exact) mass is 231 g/mol. The van der Waals surface area contributed by atoms with Gasteiger partial charge in [-0.25, -0.2) is 4.98 Å². The molecule has 4 heteroatoms. The average Bonchev–Trinajstić information content (AvgIpc) is 2.73.